The third kappa shape index (κ3) is 7.26. The molecule has 3 atom stereocenters. The summed E-state index contributed by atoms with van der Waals surface area (Å²) in [6, 6.07) is 9.15. The van der Waals surface area contributed by atoms with Crippen LogP contribution in [0.4, 0.5) is 0 Å². The number of fused-ring (bicyclic) bond motifs is 1. The van der Waals surface area contributed by atoms with Gasteiger partial charge in [0, 0.05) is 24.5 Å². The number of aliphatic hydroxyl groups excluding tert-OH is 1. The van der Waals surface area contributed by atoms with Crippen LogP contribution in [0.15, 0.2) is 36.5 Å². The van der Waals surface area contributed by atoms with Gasteiger partial charge in [0.2, 0.25) is 5.91 Å². The topological polar surface area (TPSA) is 91.3 Å². The average molecular weight is 454 g/mol. The zero-order valence-electron chi connectivity index (χ0n) is 20.2. The zero-order valence-corrected chi connectivity index (χ0v) is 20.2. The van der Waals surface area contributed by atoms with Crippen molar-refractivity contribution in [1.82, 2.24) is 15.6 Å². The van der Waals surface area contributed by atoms with Gasteiger partial charge < -0.3 is 15.7 Å². The normalized spacial score (nSPS) is 17.5. The van der Waals surface area contributed by atoms with E-state index in [0.29, 0.717) is 30.2 Å². The quantitative estimate of drug-likeness (QED) is 0.495. The lowest BCUT2D eigenvalue weighted by Crippen LogP contribution is -2.46. The van der Waals surface area contributed by atoms with Gasteiger partial charge in [0.15, 0.2) is 0 Å². The van der Waals surface area contributed by atoms with Gasteiger partial charge in [-0.2, -0.15) is 0 Å². The predicted molar refractivity (Wildman–Crippen MR) is 132 cm³/mol. The highest BCUT2D eigenvalue weighted by atomic mass is 16.3. The second-order valence-electron chi connectivity index (χ2n) is 9.98. The standard InChI is InChI=1S/C27H39N3O3/c1-18(2)13-21(26(32)28-3)16-25(31)24(14-19-9-5-4-6-10-19)30-27(33)22-15-20-11-7-8-12-23(20)29-17-22/h7-8,11-12,15,17-19,21,24-25,31H,4-6,9-10,13-14,16H2,1-3H3,(H,28,32)(H,30,33)/t21-,24-,25+/m0/s1. The molecule has 33 heavy (non-hydrogen) atoms. The number of aromatic nitrogens is 1. The first-order valence-corrected chi connectivity index (χ1v) is 12.4. The van der Waals surface area contributed by atoms with Crippen molar-refractivity contribution in [3.8, 4) is 0 Å². The number of hydrogen-bond acceptors (Lipinski definition) is 4. The number of pyridine rings is 1. The first-order valence-electron chi connectivity index (χ1n) is 12.4. The van der Waals surface area contributed by atoms with Crippen molar-refractivity contribution in [2.75, 3.05) is 7.05 Å². The van der Waals surface area contributed by atoms with Crippen LogP contribution < -0.4 is 10.6 Å². The zero-order chi connectivity index (χ0) is 23.8. The minimum atomic E-state index is -0.787. The number of nitrogens with zero attached hydrogens (tertiary/aromatic N) is 1. The molecule has 1 heterocycles. The van der Waals surface area contributed by atoms with Gasteiger partial charge in [-0.1, -0.05) is 64.2 Å². The number of hydrogen-bond donors (Lipinski definition) is 3. The maximum atomic E-state index is 13.2. The molecular weight excluding hydrogens is 414 g/mol. The van der Waals surface area contributed by atoms with E-state index in [1.54, 1.807) is 13.2 Å². The van der Waals surface area contributed by atoms with E-state index in [1.807, 2.05) is 30.3 Å². The monoisotopic (exact) mass is 453 g/mol. The van der Waals surface area contributed by atoms with Crippen LogP contribution in [0.3, 0.4) is 0 Å². The SMILES string of the molecule is CNC(=O)[C@@H](CC(C)C)C[C@@H](O)[C@H](CC1CCCCC1)NC(=O)c1cnc2ccccc2c1. The van der Waals surface area contributed by atoms with Crippen molar-refractivity contribution in [2.45, 2.75) is 77.4 Å². The van der Waals surface area contributed by atoms with Crippen LogP contribution in [0, 0.1) is 17.8 Å². The molecule has 0 aliphatic heterocycles. The summed E-state index contributed by atoms with van der Waals surface area (Å²) >= 11 is 0. The Bertz CT molecular complexity index is 924. The molecule has 1 saturated carbocycles. The van der Waals surface area contributed by atoms with E-state index in [9.17, 15) is 14.7 Å². The molecule has 0 saturated heterocycles. The summed E-state index contributed by atoms with van der Waals surface area (Å²) in [6.07, 6.45) is 8.49. The molecule has 0 bridgehead atoms. The Balaban J connectivity index is 1.76. The first kappa shape index (κ1) is 25.2. The lowest BCUT2D eigenvalue weighted by atomic mass is 9.81. The third-order valence-electron chi connectivity index (χ3n) is 6.84. The predicted octanol–water partition coefficient (Wildman–Crippen LogP) is 4.46. The highest BCUT2D eigenvalue weighted by Gasteiger charge is 2.30. The van der Waals surface area contributed by atoms with Crippen LogP contribution in [0.2, 0.25) is 0 Å². The van der Waals surface area contributed by atoms with E-state index >= 15 is 0 Å². The van der Waals surface area contributed by atoms with Gasteiger partial charge in [-0.25, -0.2) is 0 Å². The number of benzene rings is 1. The lowest BCUT2D eigenvalue weighted by molar-refractivity contribution is -0.126. The molecule has 1 fully saturated rings. The van der Waals surface area contributed by atoms with Crippen LogP contribution in [-0.2, 0) is 4.79 Å². The van der Waals surface area contributed by atoms with Gasteiger partial charge in [0.05, 0.1) is 23.2 Å². The molecule has 6 heteroatoms. The Morgan fingerprint density at radius 3 is 2.55 bits per heavy atom. The van der Waals surface area contributed by atoms with Crippen LogP contribution >= 0.6 is 0 Å². The third-order valence-corrected chi connectivity index (χ3v) is 6.84. The molecule has 1 aromatic carbocycles. The number of rotatable bonds is 10. The molecule has 3 rings (SSSR count). The van der Waals surface area contributed by atoms with Crippen molar-refractivity contribution in [2.24, 2.45) is 17.8 Å². The number of nitrogens with one attached hydrogen (secondary N) is 2. The van der Waals surface area contributed by atoms with Gasteiger partial charge in [0.1, 0.15) is 0 Å². The molecule has 1 aliphatic rings. The Labute approximate surface area is 197 Å². The molecule has 1 aromatic heterocycles. The number of para-hydroxylation sites is 1. The summed E-state index contributed by atoms with van der Waals surface area (Å²) in [4.78, 5) is 30.0. The Morgan fingerprint density at radius 1 is 1.12 bits per heavy atom. The summed E-state index contributed by atoms with van der Waals surface area (Å²) in [7, 11) is 1.63. The summed E-state index contributed by atoms with van der Waals surface area (Å²) in [5.41, 5.74) is 1.33. The first-order chi connectivity index (χ1) is 15.9. The smallest absolute Gasteiger partial charge is 0.253 e. The molecule has 0 unspecified atom stereocenters. The minimum Gasteiger partial charge on any atom is -0.391 e. The average Bonchev–Trinajstić information content (AvgIpc) is 2.82. The van der Waals surface area contributed by atoms with E-state index in [0.717, 1.165) is 30.2 Å². The fraction of sp³-hybridized carbons (Fsp3) is 0.593. The van der Waals surface area contributed by atoms with Crippen molar-refractivity contribution >= 4 is 22.7 Å². The second-order valence-corrected chi connectivity index (χ2v) is 9.98. The molecule has 0 radical (unpaired) electrons. The highest BCUT2D eigenvalue weighted by molar-refractivity contribution is 5.97. The Morgan fingerprint density at radius 2 is 1.85 bits per heavy atom. The van der Waals surface area contributed by atoms with Gasteiger partial charge in [-0.05, 0) is 43.2 Å². The van der Waals surface area contributed by atoms with Crippen LogP contribution in [-0.4, -0.2) is 41.1 Å². The molecule has 2 aromatic rings. The van der Waals surface area contributed by atoms with Gasteiger partial charge in [-0.3, -0.25) is 14.6 Å². The molecule has 0 spiro atoms. The van der Waals surface area contributed by atoms with Crippen molar-refractivity contribution in [3.63, 3.8) is 0 Å². The maximum Gasteiger partial charge on any atom is 0.253 e. The van der Waals surface area contributed by atoms with Gasteiger partial charge >= 0.3 is 0 Å². The van der Waals surface area contributed by atoms with E-state index in [4.69, 9.17) is 0 Å². The number of carbonyl (C=O) groups is 2. The van der Waals surface area contributed by atoms with Crippen LogP contribution in [0.1, 0.15) is 75.6 Å². The number of carbonyl (C=O) groups excluding carboxylic acids is 2. The summed E-state index contributed by atoms with van der Waals surface area (Å²) < 4.78 is 0. The Hall–Kier alpha value is -2.47. The molecule has 2 amide bonds. The van der Waals surface area contributed by atoms with E-state index < -0.39 is 12.1 Å². The largest absolute Gasteiger partial charge is 0.391 e. The van der Waals surface area contributed by atoms with Crippen LogP contribution in [0.5, 0.6) is 0 Å². The Kier molecular flexibility index (Phi) is 9.24. The second kappa shape index (κ2) is 12.1. The van der Waals surface area contributed by atoms with E-state index in [1.165, 1.54) is 19.3 Å². The molecule has 3 N–H and O–H groups in total. The fourth-order valence-electron chi connectivity index (χ4n) is 5.08. The van der Waals surface area contributed by atoms with Crippen molar-refractivity contribution in [3.05, 3.63) is 42.1 Å². The number of amides is 2. The van der Waals surface area contributed by atoms with Crippen LogP contribution in [0.25, 0.3) is 10.9 Å². The van der Waals surface area contributed by atoms with E-state index in [2.05, 4.69) is 29.5 Å². The molecule has 1 aliphatic carbocycles. The van der Waals surface area contributed by atoms with Gasteiger partial charge in [0.25, 0.3) is 5.91 Å². The summed E-state index contributed by atoms with van der Waals surface area (Å²) in [5, 5.41) is 18.0. The maximum absolute atomic E-state index is 13.2. The summed E-state index contributed by atoms with van der Waals surface area (Å²) in [5.74, 6) is 0.266. The summed E-state index contributed by atoms with van der Waals surface area (Å²) in [6.45, 7) is 4.16. The highest BCUT2D eigenvalue weighted by Crippen LogP contribution is 2.29. The number of aliphatic hydroxyl groups is 1. The minimum absolute atomic E-state index is 0.0516. The molecule has 180 valence electrons. The van der Waals surface area contributed by atoms with Gasteiger partial charge in [-0.15, -0.1) is 0 Å². The van der Waals surface area contributed by atoms with Crippen molar-refractivity contribution in [1.29, 1.82) is 0 Å². The van der Waals surface area contributed by atoms with Crippen molar-refractivity contribution < 1.29 is 14.7 Å². The molecule has 6 nitrogen and oxygen atoms in total. The fourth-order valence-corrected chi connectivity index (χ4v) is 5.08. The molecular formula is C27H39N3O3. The van der Waals surface area contributed by atoms with E-state index in [-0.39, 0.29) is 17.7 Å². The lowest BCUT2D eigenvalue weighted by Gasteiger charge is -2.32.